The molecular weight excluding hydrogens is 253 g/mol. The fraction of sp³-hybridized carbons (Fsp3) is 0.0833. The zero-order chi connectivity index (χ0) is 12.5. The summed E-state index contributed by atoms with van der Waals surface area (Å²) in [5.41, 5.74) is 1.11. The Bertz CT molecular complexity index is 713. The minimum absolute atomic E-state index is 0.212. The summed E-state index contributed by atoms with van der Waals surface area (Å²) in [6.45, 7) is 0. The Kier molecular flexibility index (Phi) is 2.71. The number of aromatic nitrogens is 3. The number of thioether (sulfide) groups is 1. The second kappa shape index (κ2) is 4.38. The monoisotopic (exact) mass is 261 g/mol. The first-order valence-electron chi connectivity index (χ1n) is 5.19. The topological polar surface area (TPSA) is 51.8 Å². The Hall–Kier alpha value is -1.95. The van der Waals surface area contributed by atoms with Crippen molar-refractivity contribution in [1.29, 1.82) is 0 Å². The fourth-order valence-corrected chi connectivity index (χ4v) is 1.93. The van der Waals surface area contributed by atoms with Crippen LogP contribution in [0.5, 0.6) is 0 Å². The highest BCUT2D eigenvalue weighted by Crippen LogP contribution is 2.25. The third-order valence-electron chi connectivity index (χ3n) is 2.41. The molecule has 0 spiro atoms. The average molecular weight is 261 g/mol. The highest BCUT2D eigenvalue weighted by Gasteiger charge is 2.12. The van der Waals surface area contributed by atoms with Crippen LogP contribution in [0.3, 0.4) is 0 Å². The minimum atomic E-state index is -0.406. The molecular formula is C12H8FN3OS. The van der Waals surface area contributed by atoms with E-state index in [-0.39, 0.29) is 11.4 Å². The normalized spacial score (nSPS) is 11.0. The van der Waals surface area contributed by atoms with E-state index in [1.54, 1.807) is 24.5 Å². The largest absolute Gasteiger partial charge is 0.435 e. The maximum atomic E-state index is 13.5. The third-order valence-corrected chi connectivity index (χ3v) is 3.03. The Labute approximate surface area is 106 Å². The van der Waals surface area contributed by atoms with Gasteiger partial charge in [0.05, 0.1) is 12.4 Å². The summed E-state index contributed by atoms with van der Waals surface area (Å²) in [7, 11) is 0. The minimum Gasteiger partial charge on any atom is -0.435 e. The van der Waals surface area contributed by atoms with Crippen LogP contribution in [0.2, 0.25) is 0 Å². The molecule has 0 aliphatic rings. The Morgan fingerprint density at radius 2 is 2.11 bits per heavy atom. The van der Waals surface area contributed by atoms with Gasteiger partial charge in [-0.15, -0.1) is 11.8 Å². The number of hydrogen-bond acceptors (Lipinski definition) is 5. The van der Waals surface area contributed by atoms with Gasteiger partial charge in [0.2, 0.25) is 5.89 Å². The van der Waals surface area contributed by atoms with E-state index in [9.17, 15) is 4.39 Å². The first-order chi connectivity index (χ1) is 8.78. The first-order valence-corrected chi connectivity index (χ1v) is 6.42. The molecule has 0 atom stereocenters. The van der Waals surface area contributed by atoms with Crippen LogP contribution in [0.4, 0.5) is 4.39 Å². The van der Waals surface area contributed by atoms with E-state index in [1.807, 2.05) is 6.26 Å². The van der Waals surface area contributed by atoms with E-state index >= 15 is 0 Å². The maximum Gasteiger partial charge on any atom is 0.248 e. The quantitative estimate of drug-likeness (QED) is 0.663. The molecule has 0 fully saturated rings. The molecule has 0 aliphatic carbocycles. The van der Waals surface area contributed by atoms with Gasteiger partial charge in [-0.1, -0.05) is 6.07 Å². The van der Waals surface area contributed by atoms with Crippen molar-refractivity contribution in [3.63, 3.8) is 0 Å². The lowest BCUT2D eigenvalue weighted by Gasteiger charge is -1.96. The molecule has 6 heteroatoms. The summed E-state index contributed by atoms with van der Waals surface area (Å²) in [5.74, 6) is -0.130. The predicted molar refractivity (Wildman–Crippen MR) is 66.8 cm³/mol. The maximum absolute atomic E-state index is 13.5. The molecule has 2 aromatic heterocycles. The highest BCUT2D eigenvalue weighted by molar-refractivity contribution is 7.98. The zero-order valence-corrected chi connectivity index (χ0v) is 10.2. The van der Waals surface area contributed by atoms with Crippen LogP contribution in [-0.2, 0) is 0 Å². The lowest BCUT2D eigenvalue weighted by Crippen LogP contribution is -1.87. The molecule has 0 amide bonds. The smallest absolute Gasteiger partial charge is 0.248 e. The van der Waals surface area contributed by atoms with Crippen LogP contribution in [-0.4, -0.2) is 21.2 Å². The van der Waals surface area contributed by atoms with Crippen LogP contribution >= 0.6 is 11.8 Å². The van der Waals surface area contributed by atoms with E-state index in [0.29, 0.717) is 11.3 Å². The number of nitrogens with zero attached hydrogens (tertiary/aromatic N) is 3. The number of oxazole rings is 1. The van der Waals surface area contributed by atoms with E-state index in [2.05, 4.69) is 15.0 Å². The molecule has 1 aromatic carbocycles. The van der Waals surface area contributed by atoms with E-state index in [1.165, 1.54) is 17.8 Å². The van der Waals surface area contributed by atoms with Crippen molar-refractivity contribution in [3.05, 3.63) is 36.4 Å². The molecule has 3 aromatic rings. The summed E-state index contributed by atoms with van der Waals surface area (Å²) in [4.78, 5) is 12.5. The first kappa shape index (κ1) is 11.2. The number of fused-ring (bicyclic) bond motifs is 1. The molecule has 0 aliphatic heterocycles. The molecule has 4 nitrogen and oxygen atoms in total. The average Bonchev–Trinajstić information content (AvgIpc) is 2.84. The van der Waals surface area contributed by atoms with Crippen LogP contribution in [0.25, 0.3) is 22.7 Å². The van der Waals surface area contributed by atoms with Crippen molar-refractivity contribution in [2.75, 3.05) is 6.26 Å². The summed E-state index contributed by atoms with van der Waals surface area (Å²) in [6, 6.07) is 4.59. The molecule has 0 saturated carbocycles. The molecule has 0 bridgehead atoms. The van der Waals surface area contributed by atoms with Gasteiger partial charge in [0.15, 0.2) is 11.4 Å². The Balaban J connectivity index is 2.16. The fourth-order valence-electron chi connectivity index (χ4n) is 1.57. The van der Waals surface area contributed by atoms with Crippen molar-refractivity contribution in [2.24, 2.45) is 0 Å². The number of hydrogen-bond donors (Lipinski definition) is 0. The number of rotatable bonds is 2. The van der Waals surface area contributed by atoms with E-state index in [0.717, 1.165) is 5.03 Å². The Morgan fingerprint density at radius 3 is 2.89 bits per heavy atom. The van der Waals surface area contributed by atoms with Crippen molar-refractivity contribution >= 4 is 22.9 Å². The summed E-state index contributed by atoms with van der Waals surface area (Å²) in [6.07, 6.45) is 5.10. The van der Waals surface area contributed by atoms with Gasteiger partial charge in [0.1, 0.15) is 16.2 Å². The summed E-state index contributed by atoms with van der Waals surface area (Å²) < 4.78 is 19.0. The second-order valence-electron chi connectivity index (χ2n) is 3.55. The van der Waals surface area contributed by atoms with Crippen LogP contribution in [0, 0.1) is 5.82 Å². The van der Waals surface area contributed by atoms with Gasteiger partial charge in [-0.05, 0) is 18.4 Å². The molecule has 2 heterocycles. The van der Waals surface area contributed by atoms with Gasteiger partial charge in [-0.2, -0.15) is 0 Å². The number of halogens is 1. The molecule has 0 saturated heterocycles. The SMILES string of the molecule is CSc1cncc(-c2nc3c(F)cccc3o2)n1. The number of benzene rings is 1. The van der Waals surface area contributed by atoms with Crippen LogP contribution in [0.15, 0.2) is 40.0 Å². The molecule has 0 unspecified atom stereocenters. The number of para-hydroxylation sites is 1. The van der Waals surface area contributed by atoms with Gasteiger partial charge in [-0.25, -0.2) is 14.4 Å². The second-order valence-corrected chi connectivity index (χ2v) is 4.38. The molecule has 18 heavy (non-hydrogen) atoms. The van der Waals surface area contributed by atoms with E-state index in [4.69, 9.17) is 4.42 Å². The highest BCUT2D eigenvalue weighted by atomic mass is 32.2. The van der Waals surface area contributed by atoms with Crippen molar-refractivity contribution in [1.82, 2.24) is 15.0 Å². The lowest BCUT2D eigenvalue weighted by molar-refractivity contribution is 0.613. The summed E-state index contributed by atoms with van der Waals surface area (Å²) >= 11 is 1.47. The van der Waals surface area contributed by atoms with Gasteiger partial charge >= 0.3 is 0 Å². The third kappa shape index (κ3) is 1.84. The summed E-state index contributed by atoms with van der Waals surface area (Å²) in [5, 5.41) is 0.759. The van der Waals surface area contributed by atoms with Gasteiger partial charge in [0, 0.05) is 0 Å². The van der Waals surface area contributed by atoms with Gasteiger partial charge < -0.3 is 4.42 Å². The van der Waals surface area contributed by atoms with E-state index < -0.39 is 5.82 Å². The predicted octanol–water partition coefficient (Wildman–Crippen LogP) is 3.15. The molecule has 90 valence electrons. The lowest BCUT2D eigenvalue weighted by atomic mass is 10.3. The van der Waals surface area contributed by atoms with Crippen LogP contribution in [0.1, 0.15) is 0 Å². The van der Waals surface area contributed by atoms with Crippen molar-refractivity contribution < 1.29 is 8.81 Å². The van der Waals surface area contributed by atoms with Crippen molar-refractivity contribution in [3.8, 4) is 11.6 Å². The zero-order valence-electron chi connectivity index (χ0n) is 9.42. The van der Waals surface area contributed by atoms with Crippen LogP contribution < -0.4 is 0 Å². The Morgan fingerprint density at radius 1 is 1.22 bits per heavy atom. The van der Waals surface area contributed by atoms with Gasteiger partial charge in [-0.3, -0.25) is 4.98 Å². The molecule has 0 N–H and O–H groups in total. The van der Waals surface area contributed by atoms with Crippen molar-refractivity contribution in [2.45, 2.75) is 5.03 Å². The standard InChI is InChI=1S/C12H8FN3OS/c1-18-10-6-14-5-8(15-10)12-16-11-7(13)3-2-4-9(11)17-12/h2-6H,1H3. The van der Waals surface area contributed by atoms with Gasteiger partial charge in [0.25, 0.3) is 0 Å². The molecule has 3 rings (SSSR count). The molecule has 0 radical (unpaired) electrons.